The predicted octanol–water partition coefficient (Wildman–Crippen LogP) is 19.1. The van der Waals surface area contributed by atoms with Crippen molar-refractivity contribution < 1.29 is 17.6 Å². The van der Waals surface area contributed by atoms with Crippen LogP contribution in [0.25, 0.3) is 32.3 Å². The molecule has 0 aliphatic rings. The number of benzene rings is 8. The van der Waals surface area contributed by atoms with Crippen LogP contribution in [0.2, 0.25) is 0 Å². The molecule has 0 fully saturated rings. The van der Waals surface area contributed by atoms with Crippen molar-refractivity contribution in [3.8, 4) is 0 Å². The van der Waals surface area contributed by atoms with Crippen molar-refractivity contribution in [1.29, 1.82) is 0 Å². The van der Waals surface area contributed by atoms with E-state index >= 15 is 17.6 Å². The molecular weight excluding hydrogens is 1000 g/mol. The molecule has 0 radical (unpaired) electrons. The van der Waals surface area contributed by atoms with E-state index < -0.39 is 0 Å². The topological polar surface area (TPSA) is 64.5 Å². The Morgan fingerprint density at radius 1 is 0.263 bits per heavy atom. The second kappa shape index (κ2) is 20.3. The maximum atomic E-state index is 15.2. The van der Waals surface area contributed by atoms with E-state index in [-0.39, 0.29) is 23.3 Å². The maximum absolute atomic E-state index is 15.2. The van der Waals surface area contributed by atoms with E-state index in [1.165, 1.54) is 48.5 Å². The van der Waals surface area contributed by atoms with Gasteiger partial charge >= 0.3 is 0 Å². The Bertz CT molecular complexity index is 3710. The first kappa shape index (κ1) is 51.1. The Morgan fingerprint density at radius 2 is 0.463 bits per heavy atom. The molecular formula is C68H54F4N8. The van der Waals surface area contributed by atoms with Gasteiger partial charge in [0.2, 0.25) is 0 Å². The fraction of sp³-hybridized carbons (Fsp3) is 0.118. The number of pyridine rings is 4. The standard InChI is InChI=1S/C68H54F4N8/c1-39-29-33-73-43(5)65(39)77(51-17-9-47(69)10-18-51)59-37-60(78(52-19-11-48(70)12-20-52)66-40(2)30-34-74-44(66)6)56-27-28-58-62(80(54-23-15-50(72)16-24-54)68-42(4)32-36-76-46(68)8)38-61(57-26-25-55(59)63(56)64(57)58)79(53-21-13-49(71)14-22-53)67-41(3)31-35-75-45(67)7/h9-38H,1-8H3. The molecule has 80 heavy (non-hydrogen) atoms. The summed E-state index contributed by atoms with van der Waals surface area (Å²) in [7, 11) is 0. The molecule has 0 spiro atoms. The number of hydrogen-bond donors (Lipinski definition) is 0. The number of rotatable bonds is 12. The molecule has 0 saturated heterocycles. The summed E-state index contributed by atoms with van der Waals surface area (Å²) in [5.41, 5.74) is 15.6. The summed E-state index contributed by atoms with van der Waals surface area (Å²) in [5, 5.41) is 5.12. The van der Waals surface area contributed by atoms with Crippen LogP contribution in [-0.2, 0) is 0 Å². The third-order valence-electron chi connectivity index (χ3n) is 15.2. The zero-order valence-electron chi connectivity index (χ0n) is 45.4. The summed E-state index contributed by atoms with van der Waals surface area (Å²) in [6.07, 6.45) is 7.15. The SMILES string of the molecule is Cc1ccnc(C)c1N(c1ccc(F)cc1)c1cc(N(c2ccc(F)cc2)c2c(C)ccnc2C)c2ccc3c(N(c4ccc(F)cc4)c4c(C)ccnc4C)cc(N(c4ccc(F)cc4)c4c(C)ccnc4C)c4ccc1c2c43. The molecule has 0 amide bonds. The molecule has 12 heteroatoms. The highest BCUT2D eigenvalue weighted by Crippen LogP contribution is 2.56. The van der Waals surface area contributed by atoms with E-state index in [2.05, 4.69) is 56.0 Å². The van der Waals surface area contributed by atoms with Crippen LogP contribution in [0.5, 0.6) is 0 Å². The van der Waals surface area contributed by atoms with Crippen molar-refractivity contribution in [2.24, 2.45) is 0 Å². The van der Waals surface area contributed by atoms with Crippen molar-refractivity contribution in [2.45, 2.75) is 55.4 Å². The minimum Gasteiger partial charge on any atom is -0.308 e. The van der Waals surface area contributed by atoms with E-state index in [0.717, 1.165) is 123 Å². The lowest BCUT2D eigenvalue weighted by Crippen LogP contribution is -2.18. The van der Waals surface area contributed by atoms with Gasteiger partial charge in [-0.2, -0.15) is 0 Å². The molecule has 4 aromatic heterocycles. The van der Waals surface area contributed by atoms with Crippen LogP contribution in [0.4, 0.5) is 85.8 Å². The Hall–Kier alpha value is -9.68. The van der Waals surface area contributed by atoms with Crippen LogP contribution >= 0.6 is 0 Å². The number of halogens is 4. The summed E-state index contributed by atoms with van der Waals surface area (Å²) >= 11 is 0. The van der Waals surface area contributed by atoms with E-state index in [4.69, 9.17) is 19.9 Å². The van der Waals surface area contributed by atoms with E-state index in [1.54, 1.807) is 73.3 Å². The molecule has 8 aromatic carbocycles. The van der Waals surface area contributed by atoms with Crippen LogP contribution in [0.1, 0.15) is 45.0 Å². The average Bonchev–Trinajstić information content (AvgIpc) is 3.51. The van der Waals surface area contributed by atoms with Crippen molar-refractivity contribution >= 4 is 101 Å². The van der Waals surface area contributed by atoms with Crippen molar-refractivity contribution in [3.63, 3.8) is 0 Å². The molecule has 0 atom stereocenters. The molecule has 12 rings (SSSR count). The second-order valence-corrected chi connectivity index (χ2v) is 20.4. The summed E-state index contributed by atoms with van der Waals surface area (Å²) < 4.78 is 60.8. The summed E-state index contributed by atoms with van der Waals surface area (Å²) in [6.45, 7) is 16.1. The van der Waals surface area contributed by atoms with E-state index in [9.17, 15) is 0 Å². The van der Waals surface area contributed by atoms with Gasteiger partial charge < -0.3 is 19.6 Å². The maximum Gasteiger partial charge on any atom is 0.123 e. The molecule has 394 valence electrons. The summed E-state index contributed by atoms with van der Waals surface area (Å²) in [4.78, 5) is 28.0. The van der Waals surface area contributed by atoms with Crippen molar-refractivity contribution in [3.05, 3.63) is 251 Å². The number of nitrogens with zero attached hydrogens (tertiary/aromatic N) is 8. The van der Waals surface area contributed by atoms with Gasteiger partial charge in [0.05, 0.1) is 68.3 Å². The zero-order valence-corrected chi connectivity index (χ0v) is 45.4. The number of hydrogen-bond acceptors (Lipinski definition) is 8. The first-order chi connectivity index (χ1) is 38.7. The lowest BCUT2D eigenvalue weighted by Gasteiger charge is -2.36. The Labute approximate surface area is 461 Å². The van der Waals surface area contributed by atoms with E-state index in [1.807, 2.05) is 79.7 Å². The van der Waals surface area contributed by atoms with Gasteiger partial charge in [0.25, 0.3) is 0 Å². The lowest BCUT2D eigenvalue weighted by atomic mass is 9.88. The molecule has 0 bridgehead atoms. The van der Waals surface area contributed by atoms with Gasteiger partial charge in [-0.1, -0.05) is 24.3 Å². The zero-order chi connectivity index (χ0) is 55.7. The molecule has 0 aliphatic carbocycles. The largest absolute Gasteiger partial charge is 0.308 e. The highest BCUT2D eigenvalue weighted by atomic mass is 19.1. The minimum absolute atomic E-state index is 0.385. The quantitative estimate of drug-likeness (QED) is 0.0886. The van der Waals surface area contributed by atoms with Crippen LogP contribution in [0.15, 0.2) is 183 Å². The third kappa shape index (κ3) is 8.73. The van der Waals surface area contributed by atoms with Gasteiger partial charge in [-0.3, -0.25) is 19.9 Å². The third-order valence-corrected chi connectivity index (χ3v) is 15.2. The summed E-state index contributed by atoms with van der Waals surface area (Å²) in [6, 6.07) is 46.7. The van der Waals surface area contributed by atoms with Gasteiger partial charge in [0.1, 0.15) is 23.3 Å². The molecule has 0 aliphatic heterocycles. The van der Waals surface area contributed by atoms with Crippen LogP contribution in [-0.4, -0.2) is 19.9 Å². The van der Waals surface area contributed by atoms with Crippen molar-refractivity contribution in [2.75, 3.05) is 19.6 Å². The highest BCUT2D eigenvalue weighted by molar-refractivity contribution is 6.33. The molecule has 12 aromatic rings. The molecule has 8 nitrogen and oxygen atoms in total. The average molecular weight is 1060 g/mol. The van der Waals surface area contributed by atoms with Crippen molar-refractivity contribution in [1.82, 2.24) is 19.9 Å². The van der Waals surface area contributed by atoms with Gasteiger partial charge in [-0.15, -0.1) is 0 Å². The molecule has 0 unspecified atom stereocenters. The van der Waals surface area contributed by atoms with Crippen LogP contribution < -0.4 is 19.6 Å². The smallest absolute Gasteiger partial charge is 0.123 e. The van der Waals surface area contributed by atoms with Gasteiger partial charge in [0.15, 0.2) is 0 Å². The number of aryl methyl sites for hydroxylation is 8. The minimum atomic E-state index is -0.385. The monoisotopic (exact) mass is 1060 g/mol. The van der Waals surface area contributed by atoms with Gasteiger partial charge in [-0.05, 0) is 211 Å². The first-order valence-electron chi connectivity index (χ1n) is 26.4. The van der Waals surface area contributed by atoms with Gasteiger partial charge in [-0.25, -0.2) is 17.6 Å². The van der Waals surface area contributed by atoms with Crippen LogP contribution in [0, 0.1) is 78.7 Å². The highest BCUT2D eigenvalue weighted by Gasteiger charge is 2.32. The Morgan fingerprint density at radius 3 is 0.650 bits per heavy atom. The predicted molar refractivity (Wildman–Crippen MR) is 318 cm³/mol. The number of aromatic nitrogens is 4. The summed E-state index contributed by atoms with van der Waals surface area (Å²) in [5.74, 6) is -1.54. The van der Waals surface area contributed by atoms with Gasteiger partial charge in [0, 0.05) is 79.9 Å². The Balaban J connectivity index is 1.34. The fourth-order valence-electron chi connectivity index (χ4n) is 11.7. The normalized spacial score (nSPS) is 11.5. The van der Waals surface area contributed by atoms with E-state index in [0.29, 0.717) is 22.7 Å². The van der Waals surface area contributed by atoms with Crippen LogP contribution in [0.3, 0.4) is 0 Å². The first-order valence-corrected chi connectivity index (χ1v) is 26.4. The fourth-order valence-corrected chi connectivity index (χ4v) is 11.7. The lowest BCUT2D eigenvalue weighted by molar-refractivity contribution is 0.627. The Kier molecular flexibility index (Phi) is 13.0. The second-order valence-electron chi connectivity index (χ2n) is 20.4. The molecule has 0 saturated carbocycles. The molecule has 0 N–H and O–H groups in total. The number of anilines is 12. The molecule has 4 heterocycles.